The highest BCUT2D eigenvalue weighted by atomic mass is 79.9. The lowest BCUT2D eigenvalue weighted by Gasteiger charge is -2.04. The van der Waals surface area contributed by atoms with Crippen molar-refractivity contribution in [1.82, 2.24) is 0 Å². The van der Waals surface area contributed by atoms with Crippen molar-refractivity contribution in [3.63, 3.8) is 0 Å². The standard InChI is InChI=1S/C9H11BrO2/c1-3-6(2)8(11)7-4-5-12-9(7)10/h4-6H,3H2,1-2H3. The van der Waals surface area contributed by atoms with E-state index in [0.29, 0.717) is 10.2 Å². The summed E-state index contributed by atoms with van der Waals surface area (Å²) in [5.41, 5.74) is 0.643. The molecule has 0 aliphatic rings. The Kier molecular flexibility index (Phi) is 3.09. The first-order valence-corrected chi connectivity index (χ1v) is 4.73. The molecule has 0 aliphatic heterocycles. The second kappa shape index (κ2) is 3.90. The molecule has 0 saturated heterocycles. The van der Waals surface area contributed by atoms with Gasteiger partial charge in [-0.25, -0.2) is 0 Å². The molecule has 1 aromatic heterocycles. The zero-order chi connectivity index (χ0) is 9.14. The molecule has 0 spiro atoms. The fraction of sp³-hybridized carbons (Fsp3) is 0.444. The summed E-state index contributed by atoms with van der Waals surface area (Å²) in [6.45, 7) is 3.92. The minimum atomic E-state index is 0.0684. The number of carbonyl (C=O) groups excluding carboxylic acids is 1. The maximum Gasteiger partial charge on any atom is 0.179 e. The summed E-state index contributed by atoms with van der Waals surface area (Å²) in [5.74, 6) is 0.206. The molecule has 3 heteroatoms. The minimum absolute atomic E-state index is 0.0684. The summed E-state index contributed by atoms with van der Waals surface area (Å²) in [6, 6.07) is 1.69. The molecule has 0 aromatic carbocycles. The lowest BCUT2D eigenvalue weighted by molar-refractivity contribution is 0.0925. The van der Waals surface area contributed by atoms with Crippen LogP contribution < -0.4 is 0 Å². The van der Waals surface area contributed by atoms with Gasteiger partial charge in [-0.3, -0.25) is 4.79 Å². The summed E-state index contributed by atoms with van der Waals surface area (Å²) in [4.78, 5) is 11.6. The van der Waals surface area contributed by atoms with Crippen molar-refractivity contribution in [1.29, 1.82) is 0 Å². The smallest absolute Gasteiger partial charge is 0.179 e. The van der Waals surface area contributed by atoms with Gasteiger partial charge >= 0.3 is 0 Å². The fourth-order valence-electron chi connectivity index (χ4n) is 0.921. The van der Waals surface area contributed by atoms with Crippen molar-refractivity contribution < 1.29 is 9.21 Å². The first-order valence-electron chi connectivity index (χ1n) is 3.94. The number of rotatable bonds is 3. The fourth-order valence-corrected chi connectivity index (χ4v) is 1.36. The van der Waals surface area contributed by atoms with Crippen LogP contribution >= 0.6 is 15.9 Å². The van der Waals surface area contributed by atoms with Gasteiger partial charge in [0.15, 0.2) is 10.5 Å². The van der Waals surface area contributed by atoms with E-state index in [2.05, 4.69) is 15.9 Å². The molecule has 1 unspecified atom stereocenters. The molecule has 2 nitrogen and oxygen atoms in total. The Morgan fingerprint density at radius 3 is 2.83 bits per heavy atom. The molecule has 12 heavy (non-hydrogen) atoms. The van der Waals surface area contributed by atoms with Gasteiger partial charge in [0.1, 0.15) is 0 Å². The SMILES string of the molecule is CCC(C)C(=O)c1ccoc1Br. The molecule has 0 bridgehead atoms. The zero-order valence-corrected chi connectivity index (χ0v) is 8.72. The predicted octanol–water partition coefficient (Wildman–Crippen LogP) is 3.27. The van der Waals surface area contributed by atoms with Crippen LogP contribution in [0.1, 0.15) is 30.6 Å². The molecule has 0 saturated carbocycles. The van der Waals surface area contributed by atoms with Gasteiger partial charge in [0, 0.05) is 5.92 Å². The third-order valence-corrected chi connectivity index (χ3v) is 2.56. The molecule has 66 valence electrons. The maximum absolute atomic E-state index is 11.6. The second-order valence-electron chi connectivity index (χ2n) is 2.78. The van der Waals surface area contributed by atoms with Gasteiger partial charge in [0.05, 0.1) is 11.8 Å². The van der Waals surface area contributed by atoms with E-state index in [4.69, 9.17) is 4.42 Å². The first kappa shape index (κ1) is 9.52. The maximum atomic E-state index is 11.6. The predicted molar refractivity (Wildman–Crippen MR) is 50.2 cm³/mol. The summed E-state index contributed by atoms with van der Waals surface area (Å²) >= 11 is 3.18. The van der Waals surface area contributed by atoms with Crippen molar-refractivity contribution in [3.8, 4) is 0 Å². The van der Waals surface area contributed by atoms with E-state index in [0.717, 1.165) is 6.42 Å². The van der Waals surface area contributed by atoms with E-state index >= 15 is 0 Å². The zero-order valence-electron chi connectivity index (χ0n) is 7.13. The van der Waals surface area contributed by atoms with E-state index in [1.165, 1.54) is 6.26 Å². The lowest BCUT2D eigenvalue weighted by Crippen LogP contribution is -2.09. The number of hydrogen-bond acceptors (Lipinski definition) is 2. The monoisotopic (exact) mass is 230 g/mol. The summed E-state index contributed by atoms with van der Waals surface area (Å²) < 4.78 is 5.51. The Morgan fingerprint density at radius 1 is 1.75 bits per heavy atom. The van der Waals surface area contributed by atoms with Gasteiger partial charge in [-0.1, -0.05) is 13.8 Å². The minimum Gasteiger partial charge on any atom is -0.457 e. The molecule has 1 aromatic rings. The van der Waals surface area contributed by atoms with Gasteiger partial charge in [-0.05, 0) is 28.4 Å². The van der Waals surface area contributed by atoms with Gasteiger partial charge < -0.3 is 4.42 Å². The van der Waals surface area contributed by atoms with Crippen molar-refractivity contribution in [2.24, 2.45) is 5.92 Å². The van der Waals surface area contributed by atoms with E-state index < -0.39 is 0 Å². The molecule has 0 radical (unpaired) electrons. The van der Waals surface area contributed by atoms with Crippen molar-refractivity contribution >= 4 is 21.7 Å². The van der Waals surface area contributed by atoms with E-state index in [1.54, 1.807) is 6.07 Å². The van der Waals surface area contributed by atoms with Crippen LogP contribution in [-0.2, 0) is 0 Å². The third kappa shape index (κ3) is 1.78. The molecule has 0 N–H and O–H groups in total. The molecule has 1 rings (SSSR count). The van der Waals surface area contributed by atoms with Gasteiger partial charge in [0.2, 0.25) is 0 Å². The van der Waals surface area contributed by atoms with Crippen LogP contribution in [0.3, 0.4) is 0 Å². The molecular weight excluding hydrogens is 220 g/mol. The summed E-state index contributed by atoms with van der Waals surface area (Å²) in [7, 11) is 0. The highest BCUT2D eigenvalue weighted by molar-refractivity contribution is 9.10. The number of halogens is 1. The van der Waals surface area contributed by atoms with Gasteiger partial charge in [-0.15, -0.1) is 0 Å². The van der Waals surface area contributed by atoms with E-state index in [9.17, 15) is 4.79 Å². The average molecular weight is 231 g/mol. The van der Waals surface area contributed by atoms with E-state index in [-0.39, 0.29) is 11.7 Å². The highest BCUT2D eigenvalue weighted by Gasteiger charge is 2.17. The molecule has 1 heterocycles. The second-order valence-corrected chi connectivity index (χ2v) is 3.50. The summed E-state index contributed by atoms with van der Waals surface area (Å²) in [5, 5.41) is 0. The number of ketones is 1. The number of furan rings is 1. The Labute approximate surface area is 80.1 Å². The van der Waals surface area contributed by atoms with Crippen molar-refractivity contribution in [2.45, 2.75) is 20.3 Å². The van der Waals surface area contributed by atoms with Crippen LogP contribution in [0.2, 0.25) is 0 Å². The largest absolute Gasteiger partial charge is 0.457 e. The number of hydrogen-bond donors (Lipinski definition) is 0. The quantitative estimate of drug-likeness (QED) is 0.747. The molecule has 0 aliphatic carbocycles. The van der Waals surface area contributed by atoms with Crippen LogP contribution in [0.15, 0.2) is 21.4 Å². The third-order valence-electron chi connectivity index (χ3n) is 1.94. The van der Waals surface area contributed by atoms with E-state index in [1.807, 2.05) is 13.8 Å². The van der Waals surface area contributed by atoms with Gasteiger partial charge in [0.25, 0.3) is 0 Å². The van der Waals surface area contributed by atoms with Gasteiger partial charge in [-0.2, -0.15) is 0 Å². The topological polar surface area (TPSA) is 30.2 Å². The molecule has 0 amide bonds. The van der Waals surface area contributed by atoms with Crippen LogP contribution in [0, 0.1) is 5.92 Å². The normalized spacial score (nSPS) is 12.9. The Hall–Kier alpha value is -0.570. The first-order chi connectivity index (χ1) is 5.66. The van der Waals surface area contributed by atoms with Crippen LogP contribution in [0.4, 0.5) is 0 Å². The summed E-state index contributed by atoms with van der Waals surface area (Å²) in [6.07, 6.45) is 2.37. The van der Waals surface area contributed by atoms with Crippen molar-refractivity contribution in [2.75, 3.05) is 0 Å². The molecular formula is C9H11BrO2. The lowest BCUT2D eigenvalue weighted by atomic mass is 9.99. The molecule has 0 fully saturated rings. The Balaban J connectivity index is 2.85. The number of Topliss-reactive ketones (excluding diaryl/α,β-unsaturated/α-hetero) is 1. The van der Waals surface area contributed by atoms with Crippen LogP contribution in [-0.4, -0.2) is 5.78 Å². The van der Waals surface area contributed by atoms with Crippen LogP contribution in [0.25, 0.3) is 0 Å². The number of carbonyl (C=O) groups is 1. The molecule has 1 atom stereocenters. The average Bonchev–Trinajstić information content (AvgIpc) is 2.48. The van der Waals surface area contributed by atoms with Crippen LogP contribution in [0.5, 0.6) is 0 Å². The Morgan fingerprint density at radius 2 is 2.42 bits per heavy atom. The van der Waals surface area contributed by atoms with Crippen molar-refractivity contribution in [3.05, 3.63) is 22.6 Å². The highest BCUT2D eigenvalue weighted by Crippen LogP contribution is 2.21. The Bertz CT molecular complexity index is 278.